The lowest BCUT2D eigenvalue weighted by molar-refractivity contribution is -0.178. The minimum atomic E-state index is -1.22. The molecule has 5 nitrogen and oxygen atoms in total. The Kier molecular flexibility index (Phi) is 3.47. The van der Waals surface area contributed by atoms with Gasteiger partial charge in [0.25, 0.3) is 0 Å². The van der Waals surface area contributed by atoms with Gasteiger partial charge >= 0.3 is 0 Å². The van der Waals surface area contributed by atoms with Crippen LogP contribution in [0.25, 0.3) is 0 Å². The van der Waals surface area contributed by atoms with E-state index in [4.69, 9.17) is 14.2 Å². The molecule has 0 aliphatic carbocycles. The smallest absolute Gasteiger partial charge is 0.189 e. The zero-order valence-corrected chi connectivity index (χ0v) is 11.2. The lowest BCUT2D eigenvalue weighted by Crippen LogP contribution is -2.55. The molecule has 0 bridgehead atoms. The van der Waals surface area contributed by atoms with Gasteiger partial charge in [-0.15, -0.1) is 0 Å². The maximum Gasteiger partial charge on any atom is 0.189 e. The molecule has 0 aromatic heterocycles. The highest BCUT2D eigenvalue weighted by atomic mass is 16.6. The Balaban J connectivity index is 2.28. The Hall–Kier alpha value is -1.30. The Bertz CT molecular complexity index is 395. The lowest BCUT2D eigenvalue weighted by Gasteiger charge is -2.36. The Morgan fingerprint density at radius 3 is 1.58 bits per heavy atom. The van der Waals surface area contributed by atoms with Crippen molar-refractivity contribution in [3.8, 4) is 0 Å². The van der Waals surface area contributed by atoms with Crippen LogP contribution in [0.3, 0.4) is 0 Å². The minimum Gasteiger partial charge on any atom is -0.369 e. The van der Waals surface area contributed by atoms with Crippen molar-refractivity contribution in [2.24, 2.45) is 0 Å². The van der Waals surface area contributed by atoms with Crippen LogP contribution in [0.1, 0.15) is 13.8 Å². The van der Waals surface area contributed by atoms with Gasteiger partial charge in [0.1, 0.15) is 12.2 Å². The van der Waals surface area contributed by atoms with Crippen LogP contribution in [0.4, 0.5) is 0 Å². The first-order chi connectivity index (χ1) is 8.88. The highest BCUT2D eigenvalue weighted by Gasteiger charge is 2.58. The molecule has 2 saturated heterocycles. The normalized spacial score (nSPS) is 30.6. The first kappa shape index (κ1) is 14.1. The summed E-state index contributed by atoms with van der Waals surface area (Å²) < 4.78 is 16.3. The van der Waals surface area contributed by atoms with E-state index in [1.165, 1.54) is 12.2 Å². The number of epoxide rings is 2. The molecule has 2 fully saturated rings. The minimum absolute atomic E-state index is 0.307. The van der Waals surface area contributed by atoms with Crippen LogP contribution in [0, 0.1) is 0 Å². The molecule has 0 amide bonds. The zero-order valence-electron chi connectivity index (χ0n) is 11.2. The lowest BCUT2D eigenvalue weighted by atomic mass is 9.91. The van der Waals surface area contributed by atoms with E-state index in [1.807, 2.05) is 0 Å². The largest absolute Gasteiger partial charge is 0.369 e. The van der Waals surface area contributed by atoms with E-state index in [9.17, 15) is 9.59 Å². The average molecular weight is 266 g/mol. The van der Waals surface area contributed by atoms with E-state index in [2.05, 4.69) is 13.2 Å². The molecule has 104 valence electrons. The topological polar surface area (TPSA) is 68.4 Å². The molecule has 0 aromatic carbocycles. The first-order valence-corrected chi connectivity index (χ1v) is 6.15. The fraction of sp³-hybridized carbons (Fsp3) is 0.571. The predicted octanol–water partition coefficient (Wildman–Crippen LogP) is 0.828. The molecule has 4 unspecified atom stereocenters. The van der Waals surface area contributed by atoms with Crippen molar-refractivity contribution >= 4 is 11.6 Å². The highest BCUT2D eigenvalue weighted by molar-refractivity contribution is 6.00. The molecule has 4 atom stereocenters. The molecule has 2 heterocycles. The molecule has 2 aliphatic heterocycles. The van der Waals surface area contributed by atoms with E-state index in [0.717, 1.165) is 0 Å². The summed E-state index contributed by atoms with van der Waals surface area (Å²) in [5, 5.41) is 0. The SMILES string of the molecule is C=CC(=O)C(C)(OC(C)(C(=O)C=C)C1CO1)C1CO1. The average Bonchev–Trinajstić information content (AvgIpc) is 3.25. The van der Waals surface area contributed by atoms with E-state index >= 15 is 0 Å². The molecule has 0 saturated carbocycles. The van der Waals surface area contributed by atoms with Gasteiger partial charge in [-0.3, -0.25) is 9.59 Å². The summed E-state index contributed by atoms with van der Waals surface area (Å²) >= 11 is 0. The summed E-state index contributed by atoms with van der Waals surface area (Å²) in [6, 6.07) is 0. The van der Waals surface area contributed by atoms with E-state index < -0.39 is 11.2 Å². The quantitative estimate of drug-likeness (QED) is 0.481. The van der Waals surface area contributed by atoms with Crippen LogP contribution in [0.2, 0.25) is 0 Å². The van der Waals surface area contributed by atoms with Gasteiger partial charge in [-0.05, 0) is 26.0 Å². The number of rotatable bonds is 8. The molecular weight excluding hydrogens is 248 g/mol. The summed E-state index contributed by atoms with van der Waals surface area (Å²) in [7, 11) is 0. The van der Waals surface area contributed by atoms with Crippen molar-refractivity contribution in [2.75, 3.05) is 13.2 Å². The van der Waals surface area contributed by atoms with Crippen molar-refractivity contribution < 1.29 is 23.8 Å². The summed E-state index contributed by atoms with van der Waals surface area (Å²) in [4.78, 5) is 24.1. The zero-order chi connectivity index (χ0) is 14.3. The van der Waals surface area contributed by atoms with E-state index in [-0.39, 0.29) is 23.8 Å². The van der Waals surface area contributed by atoms with Gasteiger partial charge in [0.2, 0.25) is 0 Å². The molecule has 5 heteroatoms. The molecule has 2 aliphatic rings. The van der Waals surface area contributed by atoms with Crippen LogP contribution in [0.5, 0.6) is 0 Å². The van der Waals surface area contributed by atoms with E-state index in [1.54, 1.807) is 13.8 Å². The van der Waals surface area contributed by atoms with Crippen LogP contribution in [-0.4, -0.2) is 48.2 Å². The van der Waals surface area contributed by atoms with Crippen LogP contribution < -0.4 is 0 Å². The van der Waals surface area contributed by atoms with Crippen LogP contribution >= 0.6 is 0 Å². The summed E-state index contributed by atoms with van der Waals surface area (Å²) in [5.74, 6) is -0.613. The van der Waals surface area contributed by atoms with Gasteiger partial charge in [-0.2, -0.15) is 0 Å². The third kappa shape index (κ3) is 2.41. The molecule has 0 spiro atoms. The fourth-order valence-electron chi connectivity index (χ4n) is 2.13. The maximum absolute atomic E-state index is 12.0. The third-order valence-corrected chi connectivity index (χ3v) is 3.67. The second-order valence-electron chi connectivity index (χ2n) is 5.10. The van der Waals surface area contributed by atoms with Gasteiger partial charge in [0.15, 0.2) is 22.8 Å². The number of hydrogen-bond acceptors (Lipinski definition) is 5. The molecule has 0 N–H and O–H groups in total. The fourth-order valence-corrected chi connectivity index (χ4v) is 2.13. The molecule has 19 heavy (non-hydrogen) atoms. The Morgan fingerprint density at radius 1 is 1.05 bits per heavy atom. The Morgan fingerprint density at radius 2 is 1.37 bits per heavy atom. The standard InChI is InChI=1S/C14H18O5/c1-5-9(15)13(3,11-7-17-11)19-14(4,10(16)6-2)12-8-18-12/h5-6,11-12H,1-2,7-8H2,3-4H3. The predicted molar refractivity (Wildman–Crippen MR) is 67.8 cm³/mol. The molecule has 0 aromatic rings. The van der Waals surface area contributed by atoms with Gasteiger partial charge in [-0.25, -0.2) is 0 Å². The van der Waals surface area contributed by atoms with Crippen molar-refractivity contribution in [3.63, 3.8) is 0 Å². The molecule has 2 rings (SSSR count). The molecule has 0 radical (unpaired) electrons. The molecular formula is C14H18O5. The maximum atomic E-state index is 12.0. The second-order valence-corrected chi connectivity index (χ2v) is 5.10. The van der Waals surface area contributed by atoms with Crippen molar-refractivity contribution in [2.45, 2.75) is 37.3 Å². The van der Waals surface area contributed by atoms with E-state index in [0.29, 0.717) is 13.2 Å². The van der Waals surface area contributed by atoms with Crippen LogP contribution in [-0.2, 0) is 23.8 Å². The van der Waals surface area contributed by atoms with Gasteiger partial charge in [0.05, 0.1) is 13.2 Å². The first-order valence-electron chi connectivity index (χ1n) is 6.15. The number of ketones is 2. The number of carbonyl (C=O) groups excluding carboxylic acids is 2. The van der Waals surface area contributed by atoms with Gasteiger partial charge in [-0.1, -0.05) is 13.2 Å². The van der Waals surface area contributed by atoms with Gasteiger partial charge in [0, 0.05) is 0 Å². The van der Waals surface area contributed by atoms with Gasteiger partial charge < -0.3 is 14.2 Å². The number of ether oxygens (including phenoxy) is 3. The summed E-state index contributed by atoms with van der Waals surface area (Å²) in [6.07, 6.45) is 1.67. The summed E-state index contributed by atoms with van der Waals surface area (Å²) in [5.41, 5.74) is -2.44. The third-order valence-electron chi connectivity index (χ3n) is 3.67. The number of hydrogen-bond donors (Lipinski definition) is 0. The second kappa shape index (κ2) is 4.67. The monoisotopic (exact) mass is 266 g/mol. The van der Waals surface area contributed by atoms with Crippen molar-refractivity contribution in [3.05, 3.63) is 25.3 Å². The highest BCUT2D eigenvalue weighted by Crippen LogP contribution is 2.38. The van der Waals surface area contributed by atoms with Crippen molar-refractivity contribution in [1.29, 1.82) is 0 Å². The summed E-state index contributed by atoms with van der Waals surface area (Å²) in [6.45, 7) is 11.0. The van der Waals surface area contributed by atoms with Crippen molar-refractivity contribution in [1.82, 2.24) is 0 Å². The number of carbonyl (C=O) groups is 2. The van der Waals surface area contributed by atoms with Crippen LogP contribution in [0.15, 0.2) is 25.3 Å². The Labute approximate surface area is 112 Å².